The van der Waals surface area contributed by atoms with Crippen molar-refractivity contribution in [1.82, 2.24) is 15.0 Å². The second-order valence-electron chi connectivity index (χ2n) is 11.3. The van der Waals surface area contributed by atoms with Gasteiger partial charge in [-0.15, -0.1) is 0 Å². The van der Waals surface area contributed by atoms with Crippen LogP contribution in [0.1, 0.15) is 0 Å². The van der Waals surface area contributed by atoms with Gasteiger partial charge in [0.2, 0.25) is 0 Å². The maximum Gasteiger partial charge on any atom is 0.172 e. The molecular weight excluding hydrogens is 581 g/mol. The first-order valence-electron chi connectivity index (χ1n) is 15.2. The predicted molar refractivity (Wildman–Crippen MR) is 191 cm³/mol. The van der Waals surface area contributed by atoms with Gasteiger partial charge in [0.05, 0.1) is 5.52 Å². The Labute approximate surface area is 267 Å². The number of benzene rings is 5. The van der Waals surface area contributed by atoms with Crippen molar-refractivity contribution in [2.75, 3.05) is 0 Å². The molecular formula is C41H28N3OP. The van der Waals surface area contributed by atoms with E-state index in [9.17, 15) is 0 Å². The SMILES string of the molecule is O=P(c1ccc(-c2cc(-c3cccnc3)cc(-c3cccnc3)c2)cc1)(c1cccc2ccccc12)c1ccnc2ccccc12. The lowest BCUT2D eigenvalue weighted by Gasteiger charge is -2.23. The van der Waals surface area contributed by atoms with E-state index >= 15 is 4.57 Å². The van der Waals surface area contributed by atoms with Crippen molar-refractivity contribution in [2.24, 2.45) is 0 Å². The molecule has 0 saturated carbocycles. The molecule has 218 valence electrons. The van der Waals surface area contributed by atoms with E-state index in [2.05, 4.69) is 75.6 Å². The van der Waals surface area contributed by atoms with Gasteiger partial charge in [-0.25, -0.2) is 0 Å². The number of rotatable bonds is 6. The van der Waals surface area contributed by atoms with Gasteiger partial charge in [-0.2, -0.15) is 0 Å². The summed E-state index contributed by atoms with van der Waals surface area (Å²) < 4.78 is 15.9. The minimum Gasteiger partial charge on any atom is -0.309 e. The summed E-state index contributed by atoms with van der Waals surface area (Å²) in [4.78, 5) is 13.3. The topological polar surface area (TPSA) is 55.7 Å². The fourth-order valence-electron chi connectivity index (χ4n) is 6.30. The Morgan fingerprint density at radius 2 is 1.02 bits per heavy atom. The van der Waals surface area contributed by atoms with Gasteiger partial charge in [0, 0.05) is 63.4 Å². The molecule has 5 heteroatoms. The van der Waals surface area contributed by atoms with Gasteiger partial charge in [-0.05, 0) is 75.5 Å². The van der Waals surface area contributed by atoms with Crippen molar-refractivity contribution < 1.29 is 4.57 Å². The van der Waals surface area contributed by atoms with Crippen LogP contribution in [0.4, 0.5) is 0 Å². The Morgan fingerprint density at radius 1 is 0.435 bits per heavy atom. The molecule has 0 fully saturated rings. The van der Waals surface area contributed by atoms with Crippen LogP contribution < -0.4 is 15.9 Å². The van der Waals surface area contributed by atoms with Crippen molar-refractivity contribution in [3.63, 3.8) is 0 Å². The summed E-state index contributed by atoms with van der Waals surface area (Å²) in [5.41, 5.74) is 7.13. The third kappa shape index (κ3) is 4.90. The first-order chi connectivity index (χ1) is 22.7. The summed E-state index contributed by atoms with van der Waals surface area (Å²) in [5.74, 6) is 0. The molecule has 0 bridgehead atoms. The molecule has 46 heavy (non-hydrogen) atoms. The molecule has 3 heterocycles. The van der Waals surface area contributed by atoms with Crippen LogP contribution in [-0.2, 0) is 4.57 Å². The van der Waals surface area contributed by atoms with Crippen molar-refractivity contribution in [2.45, 2.75) is 0 Å². The van der Waals surface area contributed by atoms with Gasteiger partial charge >= 0.3 is 0 Å². The molecule has 8 aromatic rings. The predicted octanol–water partition coefficient (Wildman–Crippen LogP) is 8.82. The summed E-state index contributed by atoms with van der Waals surface area (Å²) >= 11 is 0. The number of fused-ring (bicyclic) bond motifs is 2. The molecule has 0 aliphatic carbocycles. The Morgan fingerprint density at radius 3 is 1.70 bits per heavy atom. The molecule has 0 N–H and O–H groups in total. The Hall–Kier alpha value is -5.70. The largest absolute Gasteiger partial charge is 0.309 e. The fraction of sp³-hybridized carbons (Fsp3) is 0. The second-order valence-corrected chi connectivity index (χ2v) is 14.0. The van der Waals surface area contributed by atoms with Crippen LogP contribution in [0, 0.1) is 0 Å². The molecule has 0 spiro atoms. The van der Waals surface area contributed by atoms with Gasteiger partial charge in [-0.3, -0.25) is 15.0 Å². The lowest BCUT2D eigenvalue weighted by Crippen LogP contribution is -2.26. The molecule has 3 aromatic heterocycles. The molecule has 4 nitrogen and oxygen atoms in total. The average Bonchev–Trinajstić information content (AvgIpc) is 3.14. The van der Waals surface area contributed by atoms with E-state index in [-0.39, 0.29) is 0 Å². The molecule has 0 aliphatic heterocycles. The van der Waals surface area contributed by atoms with E-state index in [4.69, 9.17) is 0 Å². The van der Waals surface area contributed by atoms with E-state index in [1.54, 1.807) is 18.6 Å². The molecule has 0 radical (unpaired) electrons. The Bertz CT molecular complexity index is 2240. The third-order valence-corrected chi connectivity index (χ3v) is 11.7. The maximum atomic E-state index is 15.9. The van der Waals surface area contributed by atoms with Gasteiger partial charge in [0.15, 0.2) is 7.14 Å². The maximum absolute atomic E-state index is 15.9. The second kappa shape index (κ2) is 11.7. The number of para-hydroxylation sites is 1. The fourth-order valence-corrected chi connectivity index (χ4v) is 9.33. The van der Waals surface area contributed by atoms with Gasteiger partial charge < -0.3 is 4.57 Å². The van der Waals surface area contributed by atoms with Crippen molar-refractivity contribution >= 4 is 44.7 Å². The van der Waals surface area contributed by atoms with E-state index in [0.29, 0.717) is 0 Å². The zero-order chi connectivity index (χ0) is 30.9. The number of nitrogens with zero attached hydrogens (tertiary/aromatic N) is 3. The van der Waals surface area contributed by atoms with Gasteiger partial charge in [-0.1, -0.05) is 97.1 Å². The quantitative estimate of drug-likeness (QED) is 0.177. The van der Waals surface area contributed by atoms with Crippen molar-refractivity contribution in [3.05, 3.63) is 171 Å². The minimum absolute atomic E-state index is 0.778. The highest BCUT2D eigenvalue weighted by atomic mass is 31.2. The highest BCUT2D eigenvalue weighted by Crippen LogP contribution is 2.46. The first kappa shape index (κ1) is 27.8. The highest BCUT2D eigenvalue weighted by molar-refractivity contribution is 7.86. The van der Waals surface area contributed by atoms with Crippen molar-refractivity contribution in [3.8, 4) is 33.4 Å². The van der Waals surface area contributed by atoms with Crippen LogP contribution in [0.2, 0.25) is 0 Å². The van der Waals surface area contributed by atoms with E-state index in [0.717, 1.165) is 71.0 Å². The van der Waals surface area contributed by atoms with Crippen LogP contribution in [0.3, 0.4) is 0 Å². The highest BCUT2D eigenvalue weighted by Gasteiger charge is 2.33. The monoisotopic (exact) mass is 609 g/mol. The molecule has 1 unspecified atom stereocenters. The number of pyridine rings is 3. The van der Waals surface area contributed by atoms with E-state index in [1.807, 2.05) is 91.3 Å². The molecule has 5 aromatic carbocycles. The summed E-state index contributed by atoms with van der Waals surface area (Å²) in [6.45, 7) is 0. The molecule has 1 atom stereocenters. The Kier molecular flexibility index (Phi) is 7.05. The van der Waals surface area contributed by atoms with Crippen LogP contribution in [0.25, 0.3) is 55.1 Å². The molecule has 0 amide bonds. The van der Waals surface area contributed by atoms with Crippen LogP contribution >= 0.6 is 7.14 Å². The Balaban J connectivity index is 1.32. The standard InChI is InChI=1S/C41H28N3OP/c45-46(40-15-5-9-30-8-1-2-12-37(30)40,41-20-23-44-39-14-4-3-13-38(39)41)36-18-16-29(17-19-36)33-24-34(31-10-6-21-42-27-31)26-35(25-33)32-11-7-22-43-28-32/h1-28H. The number of aromatic nitrogens is 3. The lowest BCUT2D eigenvalue weighted by atomic mass is 9.94. The lowest BCUT2D eigenvalue weighted by molar-refractivity contribution is 0.593. The van der Waals surface area contributed by atoms with E-state index in [1.165, 1.54) is 0 Å². The number of hydrogen-bond donors (Lipinski definition) is 0. The van der Waals surface area contributed by atoms with Crippen LogP contribution in [0.15, 0.2) is 171 Å². The normalized spacial score (nSPS) is 12.6. The summed E-state index contributed by atoms with van der Waals surface area (Å²) in [6.07, 6.45) is 9.11. The third-order valence-electron chi connectivity index (χ3n) is 8.56. The minimum atomic E-state index is -3.35. The van der Waals surface area contributed by atoms with Crippen molar-refractivity contribution in [1.29, 1.82) is 0 Å². The first-order valence-corrected chi connectivity index (χ1v) is 16.9. The smallest absolute Gasteiger partial charge is 0.172 e. The zero-order valence-electron chi connectivity index (χ0n) is 24.9. The van der Waals surface area contributed by atoms with E-state index < -0.39 is 7.14 Å². The van der Waals surface area contributed by atoms with Gasteiger partial charge in [0.1, 0.15) is 0 Å². The summed E-state index contributed by atoms with van der Waals surface area (Å²) in [5, 5.41) is 5.34. The number of hydrogen-bond acceptors (Lipinski definition) is 4. The zero-order valence-corrected chi connectivity index (χ0v) is 25.8. The van der Waals surface area contributed by atoms with Crippen LogP contribution in [0.5, 0.6) is 0 Å². The van der Waals surface area contributed by atoms with Gasteiger partial charge in [0.25, 0.3) is 0 Å². The molecule has 8 rings (SSSR count). The summed E-state index contributed by atoms with van der Waals surface area (Å²) in [7, 11) is -3.35. The summed E-state index contributed by atoms with van der Waals surface area (Å²) in [6, 6.07) is 47.0. The molecule has 0 aliphatic rings. The average molecular weight is 610 g/mol. The molecule has 0 saturated heterocycles. The van der Waals surface area contributed by atoms with Crippen LogP contribution in [-0.4, -0.2) is 15.0 Å².